The molecule has 2 rings (SSSR count). The van der Waals surface area contributed by atoms with Gasteiger partial charge in [0, 0.05) is 11.6 Å². The van der Waals surface area contributed by atoms with Crippen molar-refractivity contribution in [3.8, 4) is 11.5 Å². The summed E-state index contributed by atoms with van der Waals surface area (Å²) in [5.41, 5.74) is 0.802. The summed E-state index contributed by atoms with van der Waals surface area (Å²) in [6, 6.07) is 14.4. The van der Waals surface area contributed by atoms with Crippen LogP contribution in [0.15, 0.2) is 48.5 Å². The lowest BCUT2D eigenvalue weighted by Crippen LogP contribution is -2.33. The van der Waals surface area contributed by atoms with Crippen LogP contribution in [-0.4, -0.2) is 32.1 Å². The van der Waals surface area contributed by atoms with Crippen molar-refractivity contribution in [2.24, 2.45) is 0 Å². The van der Waals surface area contributed by atoms with Gasteiger partial charge in [0.05, 0.1) is 13.7 Å². The number of hydrogen-bond acceptors (Lipinski definition) is 4. The van der Waals surface area contributed by atoms with Gasteiger partial charge in [-0.3, -0.25) is 9.59 Å². The van der Waals surface area contributed by atoms with Gasteiger partial charge in [0.25, 0.3) is 0 Å². The highest BCUT2D eigenvalue weighted by Crippen LogP contribution is 2.16. The molecule has 0 heterocycles. The molecule has 0 spiro atoms. The molecule has 7 heteroatoms. The minimum absolute atomic E-state index is 0.243. The highest BCUT2D eigenvalue weighted by molar-refractivity contribution is 6.31. The molecular formula is C19H21ClN2O4. The molecule has 6 nitrogen and oxygen atoms in total. The van der Waals surface area contributed by atoms with Crippen LogP contribution < -0.4 is 20.1 Å². The van der Waals surface area contributed by atoms with Gasteiger partial charge in [0.2, 0.25) is 11.8 Å². The fraction of sp³-hybridized carbons (Fsp3) is 0.263. The summed E-state index contributed by atoms with van der Waals surface area (Å²) in [5.74, 6) is 0.699. The van der Waals surface area contributed by atoms with Gasteiger partial charge in [-0.25, -0.2) is 0 Å². The number of ether oxygens (including phenoxy) is 2. The molecule has 0 radical (unpaired) electrons. The third-order valence-electron chi connectivity index (χ3n) is 3.51. The van der Waals surface area contributed by atoms with Crippen LogP contribution in [0.25, 0.3) is 0 Å². The molecule has 26 heavy (non-hydrogen) atoms. The van der Waals surface area contributed by atoms with Gasteiger partial charge >= 0.3 is 0 Å². The van der Waals surface area contributed by atoms with E-state index in [0.29, 0.717) is 23.9 Å². The van der Waals surface area contributed by atoms with Crippen molar-refractivity contribution in [3.05, 3.63) is 59.1 Å². The lowest BCUT2D eigenvalue weighted by molar-refractivity contribution is -0.129. The Balaban J connectivity index is 1.61. The first-order valence-corrected chi connectivity index (χ1v) is 8.50. The van der Waals surface area contributed by atoms with Crippen molar-refractivity contribution in [2.75, 3.05) is 20.3 Å². The van der Waals surface area contributed by atoms with Crippen LogP contribution in [0.5, 0.6) is 11.5 Å². The Bertz CT molecular complexity index is 735. The molecule has 2 N–H and O–H groups in total. The number of carbonyl (C=O) groups is 2. The maximum absolute atomic E-state index is 11.8. The topological polar surface area (TPSA) is 76.7 Å². The lowest BCUT2D eigenvalue weighted by Gasteiger charge is -2.09. The van der Waals surface area contributed by atoms with Gasteiger partial charge in [-0.05, 0) is 35.9 Å². The Hall–Kier alpha value is -2.73. The summed E-state index contributed by atoms with van der Waals surface area (Å²) < 4.78 is 10.6. The van der Waals surface area contributed by atoms with Gasteiger partial charge in [0.1, 0.15) is 24.5 Å². The van der Waals surface area contributed by atoms with Crippen molar-refractivity contribution < 1.29 is 19.1 Å². The number of rotatable bonds is 9. The third kappa shape index (κ3) is 6.64. The van der Waals surface area contributed by atoms with Crippen LogP contribution in [0.1, 0.15) is 12.0 Å². The first-order valence-electron chi connectivity index (χ1n) is 8.12. The molecule has 0 saturated carbocycles. The molecule has 0 bridgehead atoms. The second-order valence-corrected chi connectivity index (χ2v) is 5.83. The quantitative estimate of drug-likeness (QED) is 0.521. The van der Waals surface area contributed by atoms with Crippen LogP contribution in [-0.2, 0) is 16.1 Å². The Kier molecular flexibility index (Phi) is 7.76. The fourth-order valence-electron chi connectivity index (χ4n) is 2.14. The van der Waals surface area contributed by atoms with E-state index in [1.54, 1.807) is 37.4 Å². The van der Waals surface area contributed by atoms with Gasteiger partial charge in [-0.2, -0.15) is 0 Å². The van der Waals surface area contributed by atoms with E-state index in [4.69, 9.17) is 21.1 Å². The monoisotopic (exact) mass is 376 g/mol. The van der Waals surface area contributed by atoms with E-state index in [9.17, 15) is 9.59 Å². The molecule has 0 fully saturated rings. The number of hydrogen-bond donors (Lipinski definition) is 2. The van der Waals surface area contributed by atoms with Gasteiger partial charge in [0.15, 0.2) is 0 Å². The van der Waals surface area contributed by atoms with Crippen molar-refractivity contribution in [3.63, 3.8) is 0 Å². The summed E-state index contributed by atoms with van der Waals surface area (Å²) in [5, 5.41) is 5.89. The fourth-order valence-corrected chi connectivity index (χ4v) is 2.34. The number of amides is 2. The zero-order valence-electron chi connectivity index (χ0n) is 14.5. The van der Waals surface area contributed by atoms with E-state index in [0.717, 1.165) is 11.3 Å². The molecule has 0 aromatic heterocycles. The summed E-state index contributed by atoms with van der Waals surface area (Å²) in [6.45, 7) is 0.897. The summed E-state index contributed by atoms with van der Waals surface area (Å²) >= 11 is 6.01. The Labute approximate surface area is 157 Å². The van der Waals surface area contributed by atoms with Crippen LogP contribution in [0, 0.1) is 0 Å². The number of nitrogens with one attached hydrogen (secondary N) is 2. The predicted octanol–water partition coefficient (Wildman–Crippen LogP) is 2.55. The number of carbonyl (C=O) groups excluding carboxylic acids is 2. The van der Waals surface area contributed by atoms with Gasteiger partial charge < -0.3 is 20.1 Å². The lowest BCUT2D eigenvalue weighted by atomic mass is 10.2. The Morgan fingerprint density at radius 3 is 2.31 bits per heavy atom. The third-order valence-corrected chi connectivity index (χ3v) is 3.88. The van der Waals surface area contributed by atoms with E-state index in [2.05, 4.69) is 10.6 Å². The molecule has 138 valence electrons. The summed E-state index contributed by atoms with van der Waals surface area (Å²) in [6.07, 6.45) is -0.243. The molecule has 0 unspecified atom stereocenters. The van der Waals surface area contributed by atoms with Crippen molar-refractivity contribution >= 4 is 23.4 Å². The SMILES string of the molecule is COc1ccc(OCCNC(=O)CC(=O)NCc2ccccc2Cl)cc1. The maximum Gasteiger partial charge on any atom is 0.229 e. The van der Waals surface area contributed by atoms with E-state index in [1.165, 1.54) is 0 Å². The zero-order valence-corrected chi connectivity index (χ0v) is 15.2. The largest absolute Gasteiger partial charge is 0.497 e. The zero-order chi connectivity index (χ0) is 18.8. The average Bonchev–Trinajstić information content (AvgIpc) is 2.65. The minimum Gasteiger partial charge on any atom is -0.497 e. The average molecular weight is 377 g/mol. The second-order valence-electron chi connectivity index (χ2n) is 5.42. The second kappa shape index (κ2) is 10.3. The predicted molar refractivity (Wildman–Crippen MR) is 99.4 cm³/mol. The van der Waals surface area contributed by atoms with Crippen LogP contribution in [0.4, 0.5) is 0 Å². The first-order chi connectivity index (χ1) is 12.6. The molecule has 2 amide bonds. The summed E-state index contributed by atoms with van der Waals surface area (Å²) in [4.78, 5) is 23.6. The molecule has 0 atom stereocenters. The maximum atomic E-state index is 11.8. The van der Waals surface area contributed by atoms with Gasteiger partial charge in [-0.1, -0.05) is 29.8 Å². The van der Waals surface area contributed by atoms with Crippen LogP contribution >= 0.6 is 11.6 Å². The number of benzene rings is 2. The van der Waals surface area contributed by atoms with E-state index >= 15 is 0 Å². The molecular weight excluding hydrogens is 356 g/mol. The minimum atomic E-state index is -0.363. The molecule has 0 saturated heterocycles. The standard InChI is InChI=1S/C19H21ClN2O4/c1-25-15-6-8-16(9-7-15)26-11-10-21-18(23)12-19(24)22-13-14-4-2-3-5-17(14)20/h2-9H,10-13H2,1H3,(H,21,23)(H,22,24). The van der Waals surface area contributed by atoms with E-state index < -0.39 is 0 Å². The first kappa shape index (κ1) is 19.6. The molecule has 0 aliphatic carbocycles. The van der Waals surface area contributed by atoms with Crippen LogP contribution in [0.3, 0.4) is 0 Å². The highest BCUT2D eigenvalue weighted by atomic mass is 35.5. The van der Waals surface area contributed by atoms with Crippen molar-refractivity contribution in [1.82, 2.24) is 10.6 Å². The number of methoxy groups -OCH3 is 1. The highest BCUT2D eigenvalue weighted by Gasteiger charge is 2.09. The Morgan fingerprint density at radius 1 is 0.962 bits per heavy atom. The Morgan fingerprint density at radius 2 is 1.62 bits per heavy atom. The number of halogens is 1. The van der Waals surface area contributed by atoms with Crippen molar-refractivity contribution in [1.29, 1.82) is 0 Å². The van der Waals surface area contributed by atoms with Crippen LogP contribution in [0.2, 0.25) is 5.02 Å². The molecule has 0 aliphatic heterocycles. The molecule has 2 aromatic carbocycles. The molecule has 2 aromatic rings. The normalized spacial score (nSPS) is 10.1. The van der Waals surface area contributed by atoms with Gasteiger partial charge in [-0.15, -0.1) is 0 Å². The molecule has 0 aliphatic rings. The van der Waals surface area contributed by atoms with Crippen molar-refractivity contribution in [2.45, 2.75) is 13.0 Å². The van der Waals surface area contributed by atoms with E-state index in [1.807, 2.05) is 18.2 Å². The smallest absolute Gasteiger partial charge is 0.229 e. The van der Waals surface area contributed by atoms with E-state index in [-0.39, 0.29) is 24.8 Å². The summed E-state index contributed by atoms with van der Waals surface area (Å²) in [7, 11) is 1.59.